The fourth-order valence-corrected chi connectivity index (χ4v) is 5.71. The number of para-hydroxylation sites is 1. The lowest BCUT2D eigenvalue weighted by Gasteiger charge is -2.27. The Kier molecular flexibility index (Phi) is 3.90. The van der Waals surface area contributed by atoms with Gasteiger partial charge in [-0.3, -0.25) is 0 Å². The summed E-state index contributed by atoms with van der Waals surface area (Å²) in [5.74, 6) is 3.27. The first-order valence-electron chi connectivity index (χ1n) is 10.1. The van der Waals surface area contributed by atoms with E-state index in [1.165, 1.54) is 44.9 Å². The van der Waals surface area contributed by atoms with Gasteiger partial charge in [0.2, 0.25) is 0 Å². The highest BCUT2D eigenvalue weighted by Gasteiger charge is 2.27. The van der Waals surface area contributed by atoms with E-state index in [0.717, 1.165) is 30.8 Å². The van der Waals surface area contributed by atoms with E-state index < -0.39 is 0 Å². The first-order chi connectivity index (χ1) is 13.8. The number of fused-ring (bicyclic) bond motifs is 3. The molecule has 3 aliphatic heterocycles. The third-order valence-corrected chi connectivity index (χ3v) is 7.24. The second kappa shape index (κ2) is 6.59. The van der Waals surface area contributed by atoms with E-state index in [1.807, 2.05) is 17.8 Å². The quantitative estimate of drug-likeness (QED) is 0.532. The summed E-state index contributed by atoms with van der Waals surface area (Å²) in [4.78, 5) is 1.44. The molecule has 28 heavy (non-hydrogen) atoms. The molecule has 3 heterocycles. The van der Waals surface area contributed by atoms with Crippen molar-refractivity contribution in [3.05, 3.63) is 88.5 Å². The van der Waals surface area contributed by atoms with Crippen LogP contribution in [0.1, 0.15) is 46.4 Å². The minimum atomic E-state index is 0.120. The molecule has 0 spiro atoms. The summed E-state index contributed by atoms with van der Waals surface area (Å²) in [6, 6.07) is 21.9. The summed E-state index contributed by atoms with van der Waals surface area (Å²) >= 11 is 1.97. The highest BCUT2D eigenvalue weighted by molar-refractivity contribution is 7.99. The summed E-state index contributed by atoms with van der Waals surface area (Å²) in [5, 5.41) is 0. The molecular weight excluding hydrogens is 364 g/mol. The Morgan fingerprint density at radius 1 is 0.714 bits per heavy atom. The Labute approximate surface area is 169 Å². The van der Waals surface area contributed by atoms with E-state index in [4.69, 9.17) is 9.47 Å². The number of benzene rings is 3. The Morgan fingerprint density at radius 2 is 1.54 bits per heavy atom. The van der Waals surface area contributed by atoms with Crippen molar-refractivity contribution >= 4 is 11.8 Å². The van der Waals surface area contributed by atoms with Crippen molar-refractivity contribution in [2.24, 2.45) is 0 Å². The van der Waals surface area contributed by atoms with Gasteiger partial charge in [-0.2, -0.15) is 0 Å². The summed E-state index contributed by atoms with van der Waals surface area (Å²) < 4.78 is 12.6. The highest BCUT2D eigenvalue weighted by atomic mass is 32.2. The van der Waals surface area contributed by atoms with Crippen LogP contribution in [0.5, 0.6) is 11.5 Å². The highest BCUT2D eigenvalue weighted by Crippen LogP contribution is 2.41. The van der Waals surface area contributed by atoms with Crippen molar-refractivity contribution in [1.82, 2.24) is 0 Å². The minimum Gasteiger partial charge on any atom is -0.485 e. The van der Waals surface area contributed by atoms with Gasteiger partial charge in [0.05, 0.1) is 0 Å². The van der Waals surface area contributed by atoms with Crippen LogP contribution in [0.25, 0.3) is 0 Å². The zero-order chi connectivity index (χ0) is 18.5. The molecule has 0 radical (unpaired) electrons. The molecule has 0 amide bonds. The van der Waals surface area contributed by atoms with E-state index >= 15 is 0 Å². The molecule has 0 bridgehead atoms. The molecule has 0 aliphatic carbocycles. The smallest absolute Gasteiger partial charge is 0.128 e. The van der Waals surface area contributed by atoms with Crippen molar-refractivity contribution in [3.63, 3.8) is 0 Å². The van der Waals surface area contributed by atoms with E-state index in [0.29, 0.717) is 0 Å². The van der Waals surface area contributed by atoms with Crippen LogP contribution in [0.4, 0.5) is 0 Å². The van der Waals surface area contributed by atoms with Gasteiger partial charge in [-0.05, 0) is 71.3 Å². The van der Waals surface area contributed by atoms with Gasteiger partial charge in [-0.1, -0.05) is 36.4 Å². The number of rotatable bonds is 2. The van der Waals surface area contributed by atoms with Crippen molar-refractivity contribution < 1.29 is 9.47 Å². The molecule has 2 atom stereocenters. The summed E-state index contributed by atoms with van der Waals surface area (Å²) in [7, 11) is 0. The van der Waals surface area contributed by atoms with Crippen LogP contribution < -0.4 is 9.47 Å². The largest absolute Gasteiger partial charge is 0.485 e. The second-order valence-corrected chi connectivity index (χ2v) is 9.03. The lowest BCUT2D eigenvalue weighted by molar-refractivity contribution is 0.175. The van der Waals surface area contributed by atoms with Crippen LogP contribution in [0.2, 0.25) is 0 Å². The Balaban J connectivity index is 1.23. The number of aryl methyl sites for hydroxylation is 2. The van der Waals surface area contributed by atoms with Crippen LogP contribution in [0, 0.1) is 0 Å². The molecule has 3 aromatic rings. The average Bonchev–Trinajstić information content (AvgIpc) is 3.39. The van der Waals surface area contributed by atoms with Gasteiger partial charge in [0.1, 0.15) is 23.7 Å². The lowest BCUT2D eigenvalue weighted by atomic mass is 9.94. The maximum atomic E-state index is 6.41. The molecule has 3 aromatic carbocycles. The van der Waals surface area contributed by atoms with Crippen LogP contribution in [-0.2, 0) is 19.3 Å². The molecule has 0 saturated heterocycles. The Hall–Kier alpha value is -2.39. The summed E-state index contributed by atoms with van der Waals surface area (Å²) in [6.07, 6.45) is 4.52. The molecule has 140 valence electrons. The van der Waals surface area contributed by atoms with E-state index in [2.05, 4.69) is 54.6 Å². The zero-order valence-corrected chi connectivity index (χ0v) is 16.5. The Morgan fingerprint density at radius 3 is 2.50 bits per heavy atom. The maximum Gasteiger partial charge on any atom is 0.128 e. The van der Waals surface area contributed by atoms with Gasteiger partial charge in [0, 0.05) is 17.1 Å². The third-order valence-electron chi connectivity index (χ3n) is 6.14. The maximum absolute atomic E-state index is 6.41. The molecule has 2 unspecified atom stereocenters. The predicted molar refractivity (Wildman–Crippen MR) is 113 cm³/mol. The summed E-state index contributed by atoms with van der Waals surface area (Å²) in [5.41, 5.74) is 6.68. The average molecular weight is 387 g/mol. The molecule has 0 N–H and O–H groups in total. The number of hydrogen-bond donors (Lipinski definition) is 0. The van der Waals surface area contributed by atoms with Crippen molar-refractivity contribution in [2.75, 3.05) is 5.75 Å². The lowest BCUT2D eigenvalue weighted by Crippen LogP contribution is -2.16. The topological polar surface area (TPSA) is 18.5 Å². The SMILES string of the molecule is c1ccc2c(c1)CC(c1ccc3c(c1)CCC(c1ccc4c(c1)SCC4)O3)O2. The molecule has 3 heteroatoms. The summed E-state index contributed by atoms with van der Waals surface area (Å²) in [6.45, 7) is 0. The zero-order valence-electron chi connectivity index (χ0n) is 15.7. The normalized spacial score (nSPS) is 22.0. The van der Waals surface area contributed by atoms with Gasteiger partial charge in [0.15, 0.2) is 0 Å². The van der Waals surface area contributed by atoms with Gasteiger partial charge in [-0.15, -0.1) is 11.8 Å². The van der Waals surface area contributed by atoms with E-state index in [-0.39, 0.29) is 12.2 Å². The number of thioether (sulfide) groups is 1. The standard InChI is InChI=1S/C25H22O2S/c1-2-4-21-17(3-1)14-24(27-21)19-8-10-22-18(13-19)7-9-23(26-22)20-6-5-16-11-12-28-25(16)15-20/h1-6,8,10,13,15,23-24H,7,9,11-12,14H2. The van der Waals surface area contributed by atoms with Crippen molar-refractivity contribution in [1.29, 1.82) is 0 Å². The van der Waals surface area contributed by atoms with Crippen LogP contribution in [0.15, 0.2) is 65.6 Å². The van der Waals surface area contributed by atoms with Gasteiger partial charge in [-0.25, -0.2) is 0 Å². The molecular formula is C25H22O2S. The molecule has 0 saturated carbocycles. The van der Waals surface area contributed by atoms with Crippen molar-refractivity contribution in [2.45, 2.75) is 42.8 Å². The van der Waals surface area contributed by atoms with Gasteiger partial charge in [0.25, 0.3) is 0 Å². The van der Waals surface area contributed by atoms with Gasteiger partial charge < -0.3 is 9.47 Å². The van der Waals surface area contributed by atoms with Gasteiger partial charge >= 0.3 is 0 Å². The molecule has 0 aromatic heterocycles. The fraction of sp³-hybridized carbons (Fsp3) is 0.280. The molecule has 3 aliphatic rings. The minimum absolute atomic E-state index is 0.120. The van der Waals surface area contributed by atoms with Crippen LogP contribution in [-0.4, -0.2) is 5.75 Å². The number of ether oxygens (including phenoxy) is 2. The van der Waals surface area contributed by atoms with E-state index in [1.54, 1.807) is 0 Å². The second-order valence-electron chi connectivity index (χ2n) is 7.90. The van der Waals surface area contributed by atoms with E-state index in [9.17, 15) is 0 Å². The Bertz CT molecular complexity index is 1030. The van der Waals surface area contributed by atoms with Crippen LogP contribution >= 0.6 is 11.8 Å². The third kappa shape index (κ3) is 2.80. The van der Waals surface area contributed by atoms with Crippen LogP contribution in [0.3, 0.4) is 0 Å². The first-order valence-corrected chi connectivity index (χ1v) is 11.1. The number of hydrogen-bond acceptors (Lipinski definition) is 3. The van der Waals surface area contributed by atoms with Crippen molar-refractivity contribution in [3.8, 4) is 11.5 Å². The molecule has 2 nitrogen and oxygen atoms in total. The predicted octanol–water partition coefficient (Wildman–Crippen LogP) is 6.08. The monoisotopic (exact) mass is 386 g/mol. The first kappa shape index (κ1) is 16.6. The molecule has 6 rings (SSSR count). The fourth-order valence-electron chi connectivity index (χ4n) is 4.59. The molecule has 0 fully saturated rings.